The highest BCUT2D eigenvalue weighted by molar-refractivity contribution is 5.31. The zero-order valence-corrected chi connectivity index (χ0v) is 7.81. The first-order valence-corrected chi connectivity index (χ1v) is 4.46. The van der Waals surface area contributed by atoms with E-state index in [-0.39, 0.29) is 5.82 Å². The van der Waals surface area contributed by atoms with Gasteiger partial charge in [0.1, 0.15) is 18.0 Å². The zero-order valence-electron chi connectivity index (χ0n) is 7.81. The first-order chi connectivity index (χ1) is 6.81. The third-order valence-electron chi connectivity index (χ3n) is 1.99. The molecule has 0 unspecified atom stereocenters. The predicted molar refractivity (Wildman–Crippen MR) is 50.7 cm³/mol. The fraction of sp³-hybridized carbons (Fsp3) is 0.200. The van der Waals surface area contributed by atoms with Gasteiger partial charge in [0, 0.05) is 6.42 Å². The summed E-state index contributed by atoms with van der Waals surface area (Å²) < 4.78 is 14.6. The van der Waals surface area contributed by atoms with Gasteiger partial charge in [-0.05, 0) is 18.2 Å². The Kier molecular flexibility index (Phi) is 2.26. The highest BCUT2D eigenvalue weighted by Gasteiger charge is 2.04. The number of rotatable bonds is 2. The largest absolute Gasteiger partial charge is 0.220 e. The van der Waals surface area contributed by atoms with E-state index >= 15 is 0 Å². The van der Waals surface area contributed by atoms with Crippen LogP contribution in [0, 0.1) is 5.82 Å². The fourth-order valence-corrected chi connectivity index (χ4v) is 1.33. The number of hydrogen-bond acceptors (Lipinski definition) is 2. The van der Waals surface area contributed by atoms with Crippen LogP contribution < -0.4 is 0 Å². The normalized spacial score (nSPS) is 10.4. The summed E-state index contributed by atoms with van der Waals surface area (Å²) in [4.78, 5) is 4.07. The van der Waals surface area contributed by atoms with Gasteiger partial charge in [0.2, 0.25) is 0 Å². The Bertz CT molecular complexity index is 436. The van der Waals surface area contributed by atoms with Crippen molar-refractivity contribution in [3.63, 3.8) is 0 Å². The van der Waals surface area contributed by atoms with E-state index in [9.17, 15) is 4.39 Å². The molecule has 2 rings (SSSR count). The molecular formula is C10H10FN3. The van der Waals surface area contributed by atoms with Crippen LogP contribution in [0.5, 0.6) is 0 Å². The molecule has 0 amide bonds. The van der Waals surface area contributed by atoms with Crippen LogP contribution in [-0.4, -0.2) is 14.8 Å². The Morgan fingerprint density at radius 2 is 2.29 bits per heavy atom. The lowest BCUT2D eigenvalue weighted by Crippen LogP contribution is -2.02. The molecule has 4 heteroatoms. The van der Waals surface area contributed by atoms with Crippen LogP contribution in [-0.2, 0) is 6.42 Å². The summed E-state index contributed by atoms with van der Waals surface area (Å²) in [7, 11) is 0. The Balaban J connectivity index is 2.49. The van der Waals surface area contributed by atoms with Crippen molar-refractivity contribution in [3.8, 4) is 5.69 Å². The third kappa shape index (κ3) is 1.51. The number of aryl methyl sites for hydroxylation is 1. The number of benzene rings is 1. The molecule has 0 aliphatic heterocycles. The number of halogens is 1. The predicted octanol–water partition coefficient (Wildman–Crippen LogP) is 1.97. The minimum atomic E-state index is -0.264. The van der Waals surface area contributed by atoms with Crippen molar-refractivity contribution in [3.05, 3.63) is 42.2 Å². The van der Waals surface area contributed by atoms with Gasteiger partial charge in [-0.25, -0.2) is 14.1 Å². The Hall–Kier alpha value is -1.71. The first kappa shape index (κ1) is 8.87. The van der Waals surface area contributed by atoms with E-state index in [0.29, 0.717) is 5.69 Å². The molecule has 0 aliphatic rings. The van der Waals surface area contributed by atoms with Gasteiger partial charge in [-0.15, -0.1) is 0 Å². The molecule has 0 radical (unpaired) electrons. The standard InChI is InChI=1S/C10H10FN3/c1-2-10-12-7-13-14(10)9-5-3-4-8(11)6-9/h3-7H,2H2,1H3. The molecule has 0 fully saturated rings. The molecule has 14 heavy (non-hydrogen) atoms. The molecule has 0 saturated heterocycles. The van der Waals surface area contributed by atoms with E-state index in [4.69, 9.17) is 0 Å². The van der Waals surface area contributed by atoms with Crippen LogP contribution in [0.25, 0.3) is 5.69 Å². The van der Waals surface area contributed by atoms with Crippen LogP contribution in [0.3, 0.4) is 0 Å². The van der Waals surface area contributed by atoms with E-state index in [0.717, 1.165) is 12.2 Å². The van der Waals surface area contributed by atoms with Gasteiger partial charge in [-0.3, -0.25) is 0 Å². The minimum Gasteiger partial charge on any atom is -0.220 e. The van der Waals surface area contributed by atoms with Crippen molar-refractivity contribution < 1.29 is 4.39 Å². The second kappa shape index (κ2) is 3.57. The topological polar surface area (TPSA) is 30.7 Å². The number of nitrogens with zero attached hydrogens (tertiary/aromatic N) is 3. The lowest BCUT2D eigenvalue weighted by molar-refractivity contribution is 0.624. The van der Waals surface area contributed by atoms with Crippen molar-refractivity contribution >= 4 is 0 Å². The molecule has 0 spiro atoms. The summed E-state index contributed by atoms with van der Waals surface area (Å²) in [6.45, 7) is 1.99. The minimum absolute atomic E-state index is 0.264. The molecule has 2 aromatic rings. The number of aromatic nitrogens is 3. The molecule has 1 heterocycles. The summed E-state index contributed by atoms with van der Waals surface area (Å²) in [6.07, 6.45) is 2.25. The van der Waals surface area contributed by atoms with Gasteiger partial charge < -0.3 is 0 Å². The van der Waals surface area contributed by atoms with Gasteiger partial charge >= 0.3 is 0 Å². The van der Waals surface area contributed by atoms with Crippen LogP contribution in [0.4, 0.5) is 4.39 Å². The lowest BCUT2D eigenvalue weighted by atomic mass is 10.3. The average molecular weight is 191 g/mol. The van der Waals surface area contributed by atoms with Gasteiger partial charge in [0.25, 0.3) is 0 Å². The Morgan fingerprint density at radius 3 is 3.00 bits per heavy atom. The van der Waals surface area contributed by atoms with Crippen molar-refractivity contribution in [2.75, 3.05) is 0 Å². The second-order valence-corrected chi connectivity index (χ2v) is 2.92. The van der Waals surface area contributed by atoms with E-state index in [1.807, 2.05) is 6.92 Å². The summed E-state index contributed by atoms with van der Waals surface area (Å²) in [5, 5.41) is 4.04. The maximum Gasteiger partial charge on any atom is 0.138 e. The molecule has 1 aromatic heterocycles. The lowest BCUT2D eigenvalue weighted by Gasteiger charge is -2.03. The fourth-order valence-electron chi connectivity index (χ4n) is 1.33. The Labute approximate surface area is 81.2 Å². The molecule has 0 atom stereocenters. The average Bonchev–Trinajstić information content (AvgIpc) is 2.65. The summed E-state index contributed by atoms with van der Waals surface area (Å²) >= 11 is 0. The van der Waals surface area contributed by atoms with Crippen molar-refractivity contribution in [1.29, 1.82) is 0 Å². The molecule has 0 saturated carbocycles. The molecule has 72 valence electrons. The van der Waals surface area contributed by atoms with Crippen LogP contribution >= 0.6 is 0 Å². The van der Waals surface area contributed by atoms with Crippen LogP contribution in [0.2, 0.25) is 0 Å². The van der Waals surface area contributed by atoms with E-state index in [1.165, 1.54) is 18.5 Å². The molecule has 0 N–H and O–H groups in total. The van der Waals surface area contributed by atoms with E-state index in [1.54, 1.807) is 16.8 Å². The highest BCUT2D eigenvalue weighted by atomic mass is 19.1. The zero-order chi connectivity index (χ0) is 9.97. The van der Waals surface area contributed by atoms with Crippen molar-refractivity contribution in [1.82, 2.24) is 14.8 Å². The smallest absolute Gasteiger partial charge is 0.138 e. The maximum absolute atomic E-state index is 12.9. The maximum atomic E-state index is 12.9. The Morgan fingerprint density at radius 1 is 1.43 bits per heavy atom. The van der Waals surface area contributed by atoms with Gasteiger partial charge in [-0.1, -0.05) is 13.0 Å². The summed E-state index contributed by atoms with van der Waals surface area (Å²) in [6, 6.07) is 6.31. The monoisotopic (exact) mass is 191 g/mol. The highest BCUT2D eigenvalue weighted by Crippen LogP contribution is 2.10. The van der Waals surface area contributed by atoms with Crippen molar-refractivity contribution in [2.24, 2.45) is 0 Å². The number of hydrogen-bond donors (Lipinski definition) is 0. The van der Waals surface area contributed by atoms with Gasteiger partial charge in [0.05, 0.1) is 5.69 Å². The van der Waals surface area contributed by atoms with E-state index in [2.05, 4.69) is 10.1 Å². The molecule has 0 aliphatic carbocycles. The van der Waals surface area contributed by atoms with Crippen LogP contribution in [0.1, 0.15) is 12.7 Å². The molecular weight excluding hydrogens is 181 g/mol. The summed E-state index contributed by atoms with van der Waals surface area (Å²) in [5.74, 6) is 0.565. The quantitative estimate of drug-likeness (QED) is 0.726. The van der Waals surface area contributed by atoms with E-state index < -0.39 is 0 Å². The van der Waals surface area contributed by atoms with Crippen molar-refractivity contribution in [2.45, 2.75) is 13.3 Å². The summed E-state index contributed by atoms with van der Waals surface area (Å²) in [5.41, 5.74) is 0.708. The van der Waals surface area contributed by atoms with Gasteiger partial charge in [0.15, 0.2) is 0 Å². The van der Waals surface area contributed by atoms with Gasteiger partial charge in [-0.2, -0.15) is 5.10 Å². The molecule has 1 aromatic carbocycles. The SMILES string of the molecule is CCc1ncnn1-c1cccc(F)c1. The first-order valence-electron chi connectivity index (χ1n) is 4.46. The second-order valence-electron chi connectivity index (χ2n) is 2.92. The molecule has 0 bridgehead atoms. The molecule has 3 nitrogen and oxygen atoms in total. The van der Waals surface area contributed by atoms with Crippen LogP contribution in [0.15, 0.2) is 30.6 Å². The third-order valence-corrected chi connectivity index (χ3v) is 1.99.